The molecule has 0 atom stereocenters. The van der Waals surface area contributed by atoms with Crippen molar-refractivity contribution < 1.29 is 14.6 Å². The average Bonchev–Trinajstić information content (AvgIpc) is 2.84. The Bertz CT molecular complexity index is 535. The summed E-state index contributed by atoms with van der Waals surface area (Å²) in [4.78, 5) is 10.8. The van der Waals surface area contributed by atoms with Crippen molar-refractivity contribution in [3.63, 3.8) is 0 Å². The van der Waals surface area contributed by atoms with E-state index < -0.39 is 5.97 Å². The van der Waals surface area contributed by atoms with Crippen molar-refractivity contribution in [2.75, 3.05) is 7.11 Å². The number of carboxylic acids is 1. The first-order chi connectivity index (χ1) is 9.13. The molecule has 2 heterocycles. The zero-order valence-corrected chi connectivity index (χ0v) is 12.3. The third-order valence-corrected chi connectivity index (χ3v) is 2.09. The third kappa shape index (κ3) is 3.67. The van der Waals surface area contributed by atoms with Crippen LogP contribution in [0.25, 0.3) is 5.65 Å². The number of hydrogen-bond donors (Lipinski definition) is 1. The Morgan fingerprint density at radius 1 is 1.21 bits per heavy atom. The van der Waals surface area contributed by atoms with Gasteiger partial charge in [0.25, 0.3) is 0 Å². The molecule has 19 heavy (non-hydrogen) atoms. The van der Waals surface area contributed by atoms with Crippen molar-refractivity contribution in [3.8, 4) is 5.88 Å². The highest BCUT2D eigenvalue weighted by Gasteiger charge is 2.12. The van der Waals surface area contributed by atoms with E-state index in [9.17, 15) is 4.79 Å². The maximum atomic E-state index is 10.8. The molecular weight excluding hydrogens is 246 g/mol. The molecule has 6 nitrogen and oxygen atoms in total. The zero-order chi connectivity index (χ0) is 15.0. The molecule has 6 heteroatoms. The van der Waals surface area contributed by atoms with Crippen LogP contribution in [0, 0.1) is 6.92 Å². The standard InChI is InChI=1S/C9H9N3O3.2C2H6/c1-5-10-11-7-3-6(9(13)14)4-8(15-2)12(5)7;2*1-2/h3-4H,1-2H3,(H,13,14);2*1-2H3. The van der Waals surface area contributed by atoms with Crippen LogP contribution in [-0.2, 0) is 0 Å². The lowest BCUT2D eigenvalue weighted by Crippen LogP contribution is -2.02. The van der Waals surface area contributed by atoms with E-state index >= 15 is 0 Å². The highest BCUT2D eigenvalue weighted by Crippen LogP contribution is 2.18. The number of aromatic nitrogens is 3. The molecular formula is C13H21N3O3. The van der Waals surface area contributed by atoms with Crippen molar-refractivity contribution in [1.82, 2.24) is 14.6 Å². The Hall–Kier alpha value is -2.11. The van der Waals surface area contributed by atoms with E-state index in [0.717, 1.165) is 0 Å². The van der Waals surface area contributed by atoms with Crippen LogP contribution in [0.1, 0.15) is 43.9 Å². The van der Waals surface area contributed by atoms with Gasteiger partial charge in [-0.05, 0) is 13.0 Å². The topological polar surface area (TPSA) is 76.7 Å². The second kappa shape index (κ2) is 8.07. The number of rotatable bonds is 2. The van der Waals surface area contributed by atoms with Crippen LogP contribution in [0.2, 0.25) is 0 Å². The molecule has 0 saturated carbocycles. The Morgan fingerprint density at radius 2 is 1.79 bits per heavy atom. The lowest BCUT2D eigenvalue weighted by atomic mass is 10.2. The first kappa shape index (κ1) is 16.9. The van der Waals surface area contributed by atoms with Gasteiger partial charge in [0.2, 0.25) is 5.88 Å². The molecule has 0 radical (unpaired) electrons. The fourth-order valence-electron chi connectivity index (χ4n) is 1.40. The van der Waals surface area contributed by atoms with Crippen molar-refractivity contribution in [2.24, 2.45) is 0 Å². The van der Waals surface area contributed by atoms with Crippen LogP contribution in [0.5, 0.6) is 5.88 Å². The lowest BCUT2D eigenvalue weighted by Gasteiger charge is -2.05. The number of pyridine rings is 1. The van der Waals surface area contributed by atoms with E-state index in [4.69, 9.17) is 9.84 Å². The molecule has 1 N–H and O–H groups in total. The number of carbonyl (C=O) groups is 1. The summed E-state index contributed by atoms with van der Waals surface area (Å²) in [5.41, 5.74) is 0.594. The summed E-state index contributed by atoms with van der Waals surface area (Å²) in [6.45, 7) is 9.77. The van der Waals surface area contributed by atoms with Crippen LogP contribution in [0.4, 0.5) is 0 Å². The van der Waals surface area contributed by atoms with Gasteiger partial charge in [-0.1, -0.05) is 27.7 Å². The van der Waals surface area contributed by atoms with Gasteiger partial charge in [-0.3, -0.25) is 0 Å². The van der Waals surface area contributed by atoms with Crippen molar-refractivity contribution >= 4 is 11.6 Å². The number of aromatic carboxylic acids is 1. The quantitative estimate of drug-likeness (QED) is 0.905. The first-order valence-corrected chi connectivity index (χ1v) is 6.26. The molecule has 0 aliphatic carbocycles. The van der Waals surface area contributed by atoms with Crippen molar-refractivity contribution in [1.29, 1.82) is 0 Å². The largest absolute Gasteiger partial charge is 0.482 e. The van der Waals surface area contributed by atoms with Gasteiger partial charge < -0.3 is 9.84 Å². The van der Waals surface area contributed by atoms with Gasteiger partial charge in [-0.25, -0.2) is 9.20 Å². The van der Waals surface area contributed by atoms with Crippen LogP contribution >= 0.6 is 0 Å². The number of hydrogen-bond acceptors (Lipinski definition) is 4. The number of aryl methyl sites for hydroxylation is 1. The van der Waals surface area contributed by atoms with E-state index in [2.05, 4.69) is 10.2 Å². The SMILES string of the molecule is CC.CC.COc1cc(C(=O)O)cc2nnc(C)n12. The smallest absolute Gasteiger partial charge is 0.336 e. The van der Waals surface area contributed by atoms with Crippen molar-refractivity contribution in [3.05, 3.63) is 23.5 Å². The molecule has 0 aliphatic rings. The maximum absolute atomic E-state index is 10.8. The van der Waals surface area contributed by atoms with Crippen LogP contribution in [0.3, 0.4) is 0 Å². The molecule has 0 unspecified atom stereocenters. The van der Waals surface area contributed by atoms with Crippen LogP contribution in [-0.4, -0.2) is 32.8 Å². The van der Waals surface area contributed by atoms with Gasteiger partial charge in [-0.2, -0.15) is 0 Å². The van der Waals surface area contributed by atoms with Gasteiger partial charge in [-0.15, -0.1) is 10.2 Å². The molecule has 0 aromatic carbocycles. The monoisotopic (exact) mass is 267 g/mol. The summed E-state index contributed by atoms with van der Waals surface area (Å²) in [6, 6.07) is 2.89. The Morgan fingerprint density at radius 3 is 2.26 bits per heavy atom. The maximum Gasteiger partial charge on any atom is 0.336 e. The van der Waals surface area contributed by atoms with Gasteiger partial charge in [0.05, 0.1) is 12.7 Å². The molecule has 0 fully saturated rings. The number of methoxy groups -OCH3 is 1. The van der Waals surface area contributed by atoms with Gasteiger partial charge in [0, 0.05) is 6.07 Å². The van der Waals surface area contributed by atoms with Crippen LogP contribution < -0.4 is 4.74 Å². The molecule has 0 amide bonds. The number of ether oxygens (including phenoxy) is 1. The zero-order valence-electron chi connectivity index (χ0n) is 12.3. The highest BCUT2D eigenvalue weighted by molar-refractivity contribution is 5.89. The second-order valence-electron chi connectivity index (χ2n) is 3.03. The predicted octanol–water partition coefficient (Wildman–Crippen LogP) is 2.80. The minimum Gasteiger partial charge on any atom is -0.482 e. The predicted molar refractivity (Wildman–Crippen MR) is 73.9 cm³/mol. The normalized spacial score (nSPS) is 8.95. The van der Waals surface area contributed by atoms with E-state index in [1.165, 1.54) is 19.2 Å². The summed E-state index contributed by atoms with van der Waals surface area (Å²) in [5.74, 6) is 0.0441. The number of carboxylic acid groups (broad SMARTS) is 1. The highest BCUT2D eigenvalue weighted by atomic mass is 16.5. The fourth-order valence-corrected chi connectivity index (χ4v) is 1.40. The summed E-state index contributed by atoms with van der Waals surface area (Å²) >= 11 is 0. The first-order valence-electron chi connectivity index (χ1n) is 6.26. The Balaban J connectivity index is 0.000000741. The summed E-state index contributed by atoms with van der Waals surface area (Å²) in [5, 5.41) is 16.5. The van der Waals surface area contributed by atoms with Gasteiger partial charge in [0.15, 0.2) is 5.65 Å². The lowest BCUT2D eigenvalue weighted by molar-refractivity contribution is 0.0696. The van der Waals surface area contributed by atoms with Gasteiger partial charge >= 0.3 is 5.97 Å². The Labute approximate surface area is 113 Å². The molecule has 0 saturated heterocycles. The Kier molecular flexibility index (Phi) is 7.18. The molecule has 2 aromatic rings. The molecule has 0 bridgehead atoms. The molecule has 106 valence electrons. The minimum atomic E-state index is -1.02. The van der Waals surface area contributed by atoms with Crippen LogP contribution in [0.15, 0.2) is 12.1 Å². The molecule has 0 spiro atoms. The summed E-state index contributed by atoms with van der Waals surface area (Å²) in [6.07, 6.45) is 0. The average molecular weight is 267 g/mol. The molecule has 0 aliphatic heterocycles. The van der Waals surface area contributed by atoms with E-state index in [1.54, 1.807) is 11.3 Å². The van der Waals surface area contributed by atoms with Gasteiger partial charge in [0.1, 0.15) is 5.82 Å². The van der Waals surface area contributed by atoms with E-state index in [0.29, 0.717) is 17.4 Å². The van der Waals surface area contributed by atoms with Crippen molar-refractivity contribution in [2.45, 2.75) is 34.6 Å². The number of fused-ring (bicyclic) bond motifs is 1. The fraction of sp³-hybridized carbons (Fsp3) is 0.462. The molecule has 2 aromatic heterocycles. The minimum absolute atomic E-state index is 0.131. The summed E-state index contributed by atoms with van der Waals surface area (Å²) < 4.78 is 6.72. The number of nitrogens with zero attached hydrogens (tertiary/aromatic N) is 3. The third-order valence-electron chi connectivity index (χ3n) is 2.09. The second-order valence-corrected chi connectivity index (χ2v) is 3.03. The van der Waals surface area contributed by atoms with E-state index in [-0.39, 0.29) is 5.56 Å². The molecule has 2 rings (SSSR count). The van der Waals surface area contributed by atoms with E-state index in [1.807, 2.05) is 27.7 Å². The summed E-state index contributed by atoms with van der Waals surface area (Å²) in [7, 11) is 1.47.